The highest BCUT2D eigenvalue weighted by Gasteiger charge is 2.18. The molecule has 1 rings (SSSR count). The zero-order chi connectivity index (χ0) is 12.3. The van der Waals surface area contributed by atoms with E-state index >= 15 is 0 Å². The van der Waals surface area contributed by atoms with Gasteiger partial charge in [0.15, 0.2) is 0 Å². The monoisotopic (exact) mass is 258 g/mol. The van der Waals surface area contributed by atoms with Crippen LogP contribution in [0.5, 0.6) is 0 Å². The Morgan fingerprint density at radius 2 is 2.12 bits per heavy atom. The minimum atomic E-state index is -3.54. The molecule has 1 aromatic rings. The van der Waals surface area contributed by atoms with Crippen LogP contribution in [0.1, 0.15) is 12.5 Å². The number of hydrogen-bond donors (Lipinski definition) is 2. The largest absolute Gasteiger partial charge is 0.392 e. The fourth-order valence-electron chi connectivity index (χ4n) is 1.14. The molecule has 1 aromatic carbocycles. The number of benzene rings is 1. The number of thiocarbonyl (C=S) groups is 1. The van der Waals surface area contributed by atoms with Gasteiger partial charge in [0.25, 0.3) is 0 Å². The molecule has 0 spiro atoms. The lowest BCUT2D eigenvalue weighted by molar-refractivity contribution is 0.578. The minimum absolute atomic E-state index is 0.122. The van der Waals surface area contributed by atoms with Crippen LogP contribution in [0, 0.1) is 6.92 Å². The first-order valence-corrected chi connectivity index (χ1v) is 6.60. The summed E-state index contributed by atoms with van der Waals surface area (Å²) >= 11 is 4.71. The summed E-state index contributed by atoms with van der Waals surface area (Å²) in [7, 11) is -3.54. The lowest BCUT2D eigenvalue weighted by atomic mass is 10.2. The molecule has 88 valence electrons. The Balaban J connectivity index is 2.99. The van der Waals surface area contributed by atoms with Gasteiger partial charge >= 0.3 is 0 Å². The van der Waals surface area contributed by atoms with Crippen molar-refractivity contribution in [2.75, 3.05) is 0 Å². The standard InChI is InChI=1S/C10H14N2O2S2/c1-7-4-3-5-9(6-7)16(13,14)12-8(2)10(11)15/h3-6,8,12H,1-2H3,(H2,11,15). The molecule has 0 bridgehead atoms. The summed E-state index contributed by atoms with van der Waals surface area (Å²) in [6.45, 7) is 3.44. The maximum atomic E-state index is 11.9. The van der Waals surface area contributed by atoms with E-state index in [1.54, 1.807) is 19.1 Å². The number of rotatable bonds is 4. The fraction of sp³-hybridized carbons (Fsp3) is 0.300. The summed E-state index contributed by atoms with van der Waals surface area (Å²) in [5.41, 5.74) is 6.24. The Bertz CT molecular complexity index is 497. The highest BCUT2D eigenvalue weighted by Crippen LogP contribution is 2.11. The zero-order valence-corrected chi connectivity index (χ0v) is 10.7. The van der Waals surface area contributed by atoms with Crippen LogP contribution in [0.15, 0.2) is 29.2 Å². The average molecular weight is 258 g/mol. The van der Waals surface area contributed by atoms with Crippen molar-refractivity contribution in [3.05, 3.63) is 29.8 Å². The highest BCUT2D eigenvalue weighted by molar-refractivity contribution is 7.89. The fourth-order valence-corrected chi connectivity index (χ4v) is 2.60. The van der Waals surface area contributed by atoms with Crippen LogP contribution in [-0.2, 0) is 10.0 Å². The second-order valence-corrected chi connectivity index (χ2v) is 5.75. The molecule has 0 saturated carbocycles. The molecule has 1 atom stereocenters. The summed E-state index contributed by atoms with van der Waals surface area (Å²) in [6.07, 6.45) is 0. The molecule has 0 radical (unpaired) electrons. The Kier molecular flexibility index (Phi) is 4.01. The minimum Gasteiger partial charge on any atom is -0.392 e. The van der Waals surface area contributed by atoms with Gasteiger partial charge in [-0.2, -0.15) is 0 Å². The molecule has 6 heteroatoms. The van der Waals surface area contributed by atoms with E-state index in [9.17, 15) is 8.42 Å². The number of nitrogens with one attached hydrogen (secondary N) is 1. The van der Waals surface area contributed by atoms with Crippen LogP contribution < -0.4 is 10.5 Å². The highest BCUT2D eigenvalue weighted by atomic mass is 32.2. The molecule has 0 fully saturated rings. The third-order valence-corrected chi connectivity index (χ3v) is 3.95. The van der Waals surface area contributed by atoms with Crippen molar-refractivity contribution in [1.29, 1.82) is 0 Å². The van der Waals surface area contributed by atoms with E-state index in [-0.39, 0.29) is 9.88 Å². The van der Waals surface area contributed by atoms with Crippen molar-refractivity contribution < 1.29 is 8.42 Å². The average Bonchev–Trinajstić information content (AvgIpc) is 2.17. The topological polar surface area (TPSA) is 72.2 Å². The SMILES string of the molecule is Cc1cccc(S(=O)(=O)NC(C)C(N)=S)c1. The van der Waals surface area contributed by atoms with Crippen LogP contribution in [0.3, 0.4) is 0 Å². The quantitative estimate of drug-likeness (QED) is 0.789. The van der Waals surface area contributed by atoms with E-state index in [4.69, 9.17) is 18.0 Å². The first-order valence-electron chi connectivity index (χ1n) is 4.71. The summed E-state index contributed by atoms with van der Waals surface area (Å²) in [6, 6.07) is 6.09. The predicted molar refractivity (Wildman–Crippen MR) is 67.7 cm³/mol. The number of nitrogens with two attached hydrogens (primary N) is 1. The maximum absolute atomic E-state index is 11.9. The summed E-state index contributed by atoms with van der Waals surface area (Å²) in [5.74, 6) is 0. The molecule has 4 nitrogen and oxygen atoms in total. The number of sulfonamides is 1. The Hall–Kier alpha value is -0.980. The Morgan fingerprint density at radius 3 is 2.62 bits per heavy atom. The van der Waals surface area contributed by atoms with Crippen LogP contribution in [0.2, 0.25) is 0 Å². The third kappa shape index (κ3) is 3.26. The van der Waals surface area contributed by atoms with Crippen LogP contribution in [0.25, 0.3) is 0 Å². The van der Waals surface area contributed by atoms with Crippen molar-refractivity contribution in [2.45, 2.75) is 24.8 Å². The Labute approximate surface area is 101 Å². The van der Waals surface area contributed by atoms with Crippen LogP contribution >= 0.6 is 12.2 Å². The van der Waals surface area contributed by atoms with Gasteiger partial charge in [-0.1, -0.05) is 24.4 Å². The first kappa shape index (κ1) is 13.1. The van der Waals surface area contributed by atoms with Crippen LogP contribution in [-0.4, -0.2) is 19.4 Å². The van der Waals surface area contributed by atoms with E-state index in [0.717, 1.165) is 5.56 Å². The molecule has 0 aliphatic rings. The normalized spacial score (nSPS) is 13.4. The number of aryl methyl sites for hydroxylation is 1. The summed E-state index contributed by atoms with van der Waals surface area (Å²) < 4.78 is 26.2. The second kappa shape index (κ2) is 4.90. The lowest BCUT2D eigenvalue weighted by Crippen LogP contribution is -2.41. The zero-order valence-electron chi connectivity index (χ0n) is 9.10. The van der Waals surface area contributed by atoms with E-state index in [0.29, 0.717) is 0 Å². The van der Waals surface area contributed by atoms with Gasteiger partial charge < -0.3 is 5.73 Å². The van der Waals surface area contributed by atoms with E-state index in [2.05, 4.69) is 4.72 Å². The van der Waals surface area contributed by atoms with Crippen molar-refractivity contribution >= 4 is 27.2 Å². The molecule has 0 aliphatic heterocycles. The molecule has 3 N–H and O–H groups in total. The van der Waals surface area contributed by atoms with Crippen molar-refractivity contribution in [2.24, 2.45) is 5.73 Å². The van der Waals surface area contributed by atoms with Gasteiger partial charge in [0, 0.05) is 0 Å². The molecule has 0 amide bonds. The van der Waals surface area contributed by atoms with E-state index in [1.165, 1.54) is 6.07 Å². The molecule has 0 saturated heterocycles. The number of hydrogen-bond acceptors (Lipinski definition) is 3. The molecule has 0 aromatic heterocycles. The third-order valence-electron chi connectivity index (χ3n) is 2.06. The van der Waals surface area contributed by atoms with Crippen LogP contribution in [0.4, 0.5) is 0 Å². The first-order chi connectivity index (χ1) is 7.33. The van der Waals surface area contributed by atoms with Gasteiger partial charge in [0.05, 0.1) is 15.9 Å². The van der Waals surface area contributed by atoms with E-state index < -0.39 is 16.1 Å². The Morgan fingerprint density at radius 1 is 1.50 bits per heavy atom. The van der Waals surface area contributed by atoms with Gasteiger partial charge in [-0.15, -0.1) is 0 Å². The molecular formula is C10H14N2O2S2. The maximum Gasteiger partial charge on any atom is 0.241 e. The second-order valence-electron chi connectivity index (χ2n) is 3.56. The molecular weight excluding hydrogens is 244 g/mol. The molecule has 0 heterocycles. The summed E-state index contributed by atoms with van der Waals surface area (Å²) in [5, 5.41) is 0. The van der Waals surface area contributed by atoms with Gasteiger partial charge in [-0.25, -0.2) is 13.1 Å². The predicted octanol–water partition coefficient (Wildman–Crippen LogP) is 0.948. The molecule has 0 aliphatic carbocycles. The van der Waals surface area contributed by atoms with Gasteiger partial charge in [-0.05, 0) is 31.5 Å². The van der Waals surface area contributed by atoms with Crippen molar-refractivity contribution in [3.63, 3.8) is 0 Å². The van der Waals surface area contributed by atoms with E-state index in [1.807, 2.05) is 13.0 Å². The van der Waals surface area contributed by atoms with Gasteiger partial charge in [0.1, 0.15) is 0 Å². The molecule has 1 unspecified atom stereocenters. The van der Waals surface area contributed by atoms with Gasteiger partial charge in [-0.3, -0.25) is 0 Å². The summed E-state index contributed by atoms with van der Waals surface area (Å²) in [4.78, 5) is 0.340. The van der Waals surface area contributed by atoms with Crippen molar-refractivity contribution in [3.8, 4) is 0 Å². The smallest absolute Gasteiger partial charge is 0.241 e. The lowest BCUT2D eigenvalue weighted by Gasteiger charge is -2.12. The van der Waals surface area contributed by atoms with Gasteiger partial charge in [0.2, 0.25) is 10.0 Å². The molecule has 16 heavy (non-hydrogen) atoms. The van der Waals surface area contributed by atoms with Crippen molar-refractivity contribution in [1.82, 2.24) is 4.72 Å².